The third-order valence-electron chi connectivity index (χ3n) is 14.7. The first-order valence-electron chi connectivity index (χ1n) is 26.1. The van der Waals surface area contributed by atoms with Crippen LogP contribution in [-0.2, 0) is 71.1 Å². The molecule has 0 aromatic rings. The zero-order chi connectivity index (χ0) is 59.1. The minimum Gasteiger partial charge on any atom is -0.394 e. The van der Waals surface area contributed by atoms with Gasteiger partial charge in [0.2, 0.25) is 0 Å². The molecule has 33 atom stereocenters. The summed E-state index contributed by atoms with van der Waals surface area (Å²) in [5, 5.41) is 228. The van der Waals surface area contributed by atoms with Gasteiger partial charge in [-0.3, -0.25) is 0 Å². The van der Waals surface area contributed by atoms with E-state index in [0.717, 1.165) is 0 Å². The Labute approximate surface area is 459 Å². The summed E-state index contributed by atoms with van der Waals surface area (Å²) in [6, 6.07) is 0. The van der Waals surface area contributed by atoms with E-state index >= 15 is 0 Å². The monoisotopic (exact) mass is 1190 g/mol. The van der Waals surface area contributed by atoms with Crippen LogP contribution in [0.1, 0.15) is 0 Å². The number of aliphatic hydroxyl groups is 21. The Balaban J connectivity index is 1.29. The molecule has 0 amide bonds. The van der Waals surface area contributed by atoms with Crippen LogP contribution in [0.5, 0.6) is 0 Å². The molecule has 0 saturated carbocycles. The van der Waals surface area contributed by atoms with E-state index in [1.165, 1.54) is 0 Å². The molecular weight excluding hydrogens is 1120 g/mol. The fourth-order valence-corrected chi connectivity index (χ4v) is 10.3. The summed E-state index contributed by atoms with van der Waals surface area (Å²) >= 11 is 0. The molecule has 22 aliphatic heterocycles. The third-order valence-corrected chi connectivity index (χ3v) is 14.7. The van der Waals surface area contributed by atoms with E-state index in [-0.39, 0.29) is 0 Å². The minimum atomic E-state index is -2.23. The lowest BCUT2D eigenvalue weighted by Gasteiger charge is -2.51. The molecule has 12 bridgehead atoms. The van der Waals surface area contributed by atoms with Gasteiger partial charge in [0.25, 0.3) is 0 Å². The second-order valence-corrected chi connectivity index (χ2v) is 20.3. The van der Waals surface area contributed by atoms with Crippen molar-refractivity contribution in [3.8, 4) is 0 Å². The van der Waals surface area contributed by atoms with E-state index < -0.39 is 282 Å². The molecule has 36 heteroatoms. The van der Waals surface area contributed by atoms with E-state index in [0.29, 0.717) is 0 Å². The topological polar surface area (TPSA) is 563 Å². The molecule has 3 unspecified atom stereocenters. The molecule has 474 valence electrons. The summed E-state index contributed by atoms with van der Waals surface area (Å²) in [6.45, 7) is -11.4. The molecule has 0 aliphatic carbocycles. The van der Waals surface area contributed by atoms with Crippen LogP contribution in [0, 0.1) is 0 Å². The molecule has 22 aliphatic rings. The lowest BCUT2D eigenvalue weighted by atomic mass is 9.94. The van der Waals surface area contributed by atoms with E-state index in [1.807, 2.05) is 0 Å². The molecule has 22 heterocycles. The molecule has 0 radical (unpaired) electrons. The maximum atomic E-state index is 12.1. The maximum absolute atomic E-state index is 12.1. The summed E-state index contributed by atoms with van der Waals surface area (Å²) < 4.78 is 88.1. The molecule has 22 saturated heterocycles. The first-order chi connectivity index (χ1) is 38.7. The van der Waals surface area contributed by atoms with Crippen molar-refractivity contribution in [3.05, 3.63) is 0 Å². The Morgan fingerprint density at radius 1 is 0.247 bits per heavy atom. The van der Waals surface area contributed by atoms with Crippen LogP contribution in [0.4, 0.5) is 0 Å². The summed E-state index contributed by atoms with van der Waals surface area (Å²) in [4.78, 5) is 0. The Kier molecular flexibility index (Phi) is 25.2. The number of ether oxygens (including phenoxy) is 15. The average molecular weight is 1200 g/mol. The predicted molar refractivity (Wildman–Crippen MR) is 246 cm³/mol. The molecule has 22 rings (SSSR count). The van der Waals surface area contributed by atoms with Crippen LogP contribution in [0.3, 0.4) is 0 Å². The van der Waals surface area contributed by atoms with E-state index in [9.17, 15) is 107 Å². The van der Waals surface area contributed by atoms with Gasteiger partial charge in [-0.05, 0) is 0 Å². The minimum absolute atomic E-state index is 0.787. The summed E-state index contributed by atoms with van der Waals surface area (Å²) in [5.41, 5.74) is 0. The van der Waals surface area contributed by atoms with Gasteiger partial charge in [-0.1, -0.05) is 0 Å². The van der Waals surface area contributed by atoms with Crippen molar-refractivity contribution >= 4 is 0 Å². The molecule has 36 nitrogen and oxygen atoms in total. The van der Waals surface area contributed by atoms with Crippen molar-refractivity contribution in [1.29, 1.82) is 0 Å². The van der Waals surface area contributed by atoms with Crippen molar-refractivity contribution in [3.63, 3.8) is 0 Å². The van der Waals surface area contributed by atoms with Gasteiger partial charge >= 0.3 is 0 Å². The van der Waals surface area contributed by atoms with E-state index in [2.05, 4.69) is 0 Å². The first-order valence-corrected chi connectivity index (χ1v) is 26.1. The zero-order valence-corrected chi connectivity index (χ0v) is 43.1. The summed E-state index contributed by atoms with van der Waals surface area (Å²) in [6.07, 6.45) is -64.5. The summed E-state index contributed by atoms with van der Waals surface area (Å²) in [7, 11) is 0. The van der Waals surface area contributed by atoms with Gasteiger partial charge in [0.1, 0.15) is 165 Å². The second kappa shape index (κ2) is 30.5. The fraction of sp³-hybridized carbons (Fsp3) is 1.00. The normalized spacial score (nSPS) is 48.6. The van der Waals surface area contributed by atoms with Gasteiger partial charge in [-0.15, -0.1) is 0 Å². The van der Waals surface area contributed by atoms with Crippen LogP contribution in [0.2, 0.25) is 0 Å². The van der Waals surface area contributed by atoms with Gasteiger partial charge in [-0.2, -0.15) is 0 Å². The van der Waals surface area contributed by atoms with Crippen LogP contribution in [-0.4, -0.2) is 389 Å². The highest BCUT2D eigenvalue weighted by Crippen LogP contribution is 2.39. The Morgan fingerprint density at radius 2 is 0.432 bits per heavy atom. The fourth-order valence-electron chi connectivity index (χ4n) is 10.3. The van der Waals surface area contributed by atoms with Crippen LogP contribution < -0.4 is 0 Å². The number of aliphatic hydroxyl groups excluding tert-OH is 21. The lowest BCUT2D eigenvalue weighted by Crippen LogP contribution is -2.69. The molecule has 0 aromatic heterocycles. The molecule has 0 spiro atoms. The third kappa shape index (κ3) is 14.9. The molecule has 22 fully saturated rings. The van der Waals surface area contributed by atoms with Crippen molar-refractivity contribution < 1.29 is 178 Å². The van der Waals surface area contributed by atoms with Crippen molar-refractivity contribution in [2.24, 2.45) is 0 Å². The maximum Gasteiger partial charge on any atom is 0.187 e. The molecular formula is C45H78O36. The standard InChI is InChI=1S/C45H78O36/c46-1-13(55)10-67-37-28(64)43-73-20(8-53)35(37)80-45-30(66)39(69-12-15(57)3-48)36(21(9-54)75-45)81-44-29(65)38(68-11-14(56)2-47)34(19(7-52)74-44)79-42-27(63)24(60)32(17(5-50)72-42)77-40-25(61)22(58)31(16(4-49)70-40)76-41-26(62)23(59)33(78-43)18(6-51)71-41/h13-66H,1-12H2/t13?,14?,15?,16-,17-,18-,19-,20-,21-,22-,23-,24-,25-,26-,27-,28-,29-,30-,31-,32-,33-,34+,35+,36+,37-,38-,39-,40-,41-,42-,43-,44-,45-/m1/s1. The second-order valence-electron chi connectivity index (χ2n) is 20.3. The van der Waals surface area contributed by atoms with Gasteiger partial charge in [-0.25, -0.2) is 0 Å². The summed E-state index contributed by atoms with van der Waals surface area (Å²) in [5.74, 6) is 0. The largest absolute Gasteiger partial charge is 0.394 e. The number of hydrogen-bond acceptors (Lipinski definition) is 36. The van der Waals surface area contributed by atoms with E-state index in [1.54, 1.807) is 0 Å². The lowest BCUT2D eigenvalue weighted by molar-refractivity contribution is -0.407. The highest BCUT2D eigenvalue weighted by molar-refractivity contribution is 5.02. The smallest absolute Gasteiger partial charge is 0.187 e. The van der Waals surface area contributed by atoms with Gasteiger partial charge < -0.3 is 178 Å². The average Bonchev–Trinajstić information content (AvgIpc) is 3.51. The van der Waals surface area contributed by atoms with Gasteiger partial charge in [0.05, 0.1) is 79.3 Å². The number of rotatable bonds is 18. The van der Waals surface area contributed by atoms with E-state index in [4.69, 9.17) is 71.1 Å². The molecule has 21 N–H and O–H groups in total. The highest BCUT2D eigenvalue weighted by Gasteiger charge is 2.60. The number of hydrogen-bond donors (Lipinski definition) is 21. The molecule has 81 heavy (non-hydrogen) atoms. The Hall–Kier alpha value is -1.44. The molecule has 0 aromatic carbocycles. The SMILES string of the molecule is OCC(O)CO[C@@H]1[C@@H](O)[C@H]2O[C@@H]3[C@H](OCC(O)CO)[C@@H](O)[C@@H](O[C@@H]4[C@H](OCC(O)CO)[C@@H](O)[C@@H](O[C@H]5[C@H](O)[C@@H](O)[C@@H](O[C@H]6[C@H](O)[C@@H](O)[C@@H](O[C@H]7[C@H](O)[C@@H](O)[C@@H](O[C@H]1[C@@H](CO)O2)O[C@@H]7CO)O[C@@H]6CO)O[C@@H]5CO)O[C@@H]4CO)O[C@@H]3CO. The zero-order valence-electron chi connectivity index (χ0n) is 43.1. The first kappa shape index (κ1) is 67.1. The van der Waals surface area contributed by atoms with Crippen LogP contribution in [0.15, 0.2) is 0 Å². The Bertz CT molecular complexity index is 1820. The highest BCUT2D eigenvalue weighted by atomic mass is 16.8. The van der Waals surface area contributed by atoms with Gasteiger partial charge in [0.15, 0.2) is 37.7 Å². The Morgan fingerprint density at radius 3 is 0.630 bits per heavy atom. The van der Waals surface area contributed by atoms with Crippen LogP contribution in [0.25, 0.3) is 0 Å². The van der Waals surface area contributed by atoms with Crippen molar-refractivity contribution in [1.82, 2.24) is 0 Å². The van der Waals surface area contributed by atoms with Crippen molar-refractivity contribution in [2.45, 2.75) is 203 Å². The predicted octanol–water partition coefficient (Wildman–Crippen LogP) is -14.9. The van der Waals surface area contributed by atoms with Crippen molar-refractivity contribution in [2.75, 3.05) is 79.3 Å². The van der Waals surface area contributed by atoms with Crippen LogP contribution >= 0.6 is 0 Å². The quantitative estimate of drug-likeness (QED) is 0.0606. The van der Waals surface area contributed by atoms with Gasteiger partial charge in [0, 0.05) is 0 Å².